The lowest BCUT2D eigenvalue weighted by Crippen LogP contribution is -2.60. The van der Waals surface area contributed by atoms with Gasteiger partial charge >= 0.3 is 18.0 Å². The molecule has 0 aliphatic heterocycles. The summed E-state index contributed by atoms with van der Waals surface area (Å²) in [6, 6.07) is -0.885. The number of hydroxylamine groups is 2. The van der Waals surface area contributed by atoms with E-state index < -0.39 is 34.6 Å². The fourth-order valence-corrected chi connectivity index (χ4v) is 3.56. The molecule has 0 aromatic rings. The summed E-state index contributed by atoms with van der Waals surface area (Å²) in [6.07, 6.45) is 4.69. The molecule has 8 nitrogen and oxygen atoms in total. The summed E-state index contributed by atoms with van der Waals surface area (Å²) in [5.74, 6) is -1.55. The van der Waals surface area contributed by atoms with Crippen molar-refractivity contribution in [1.82, 2.24) is 5.06 Å². The van der Waals surface area contributed by atoms with Crippen LogP contribution in [0, 0.1) is 0 Å². The van der Waals surface area contributed by atoms with Crippen molar-refractivity contribution >= 4 is 18.0 Å². The third-order valence-corrected chi connectivity index (χ3v) is 4.85. The van der Waals surface area contributed by atoms with Crippen LogP contribution in [0.25, 0.3) is 0 Å². The Morgan fingerprint density at radius 2 is 1.40 bits per heavy atom. The molecule has 2 rings (SSSR count). The van der Waals surface area contributed by atoms with Gasteiger partial charge in [0.05, 0.1) is 5.60 Å². The van der Waals surface area contributed by atoms with E-state index in [1.807, 2.05) is 0 Å². The van der Waals surface area contributed by atoms with E-state index >= 15 is 0 Å². The standard InChI is InChI=1S/C17H29N3O5/c1-15(2,3)25-20(14(18)23)17(10-6-7-11-17)13(22)24-12(21)16(19)8-4-5-9-16/h4-11,19H2,1-3H3,(H2,18,23). The molecule has 2 aliphatic carbocycles. The zero-order valence-corrected chi connectivity index (χ0v) is 15.3. The van der Waals surface area contributed by atoms with E-state index in [0.29, 0.717) is 38.5 Å². The van der Waals surface area contributed by atoms with E-state index in [0.717, 1.165) is 17.9 Å². The van der Waals surface area contributed by atoms with Gasteiger partial charge in [-0.15, -0.1) is 0 Å². The van der Waals surface area contributed by atoms with Crippen LogP contribution in [0.4, 0.5) is 4.79 Å². The Bertz CT molecular complexity index is 543. The van der Waals surface area contributed by atoms with Crippen molar-refractivity contribution in [2.45, 2.75) is 88.8 Å². The second-order valence-electron chi connectivity index (χ2n) is 8.12. The van der Waals surface area contributed by atoms with Crippen LogP contribution in [0.3, 0.4) is 0 Å². The molecule has 0 unspecified atom stereocenters. The Balaban J connectivity index is 2.23. The Hall–Kier alpha value is -1.67. The topological polar surface area (TPSA) is 125 Å². The van der Waals surface area contributed by atoms with Gasteiger partial charge in [0.15, 0.2) is 5.54 Å². The second-order valence-corrected chi connectivity index (χ2v) is 8.12. The third-order valence-electron chi connectivity index (χ3n) is 4.85. The summed E-state index contributed by atoms with van der Waals surface area (Å²) in [5.41, 5.74) is 8.28. The molecule has 0 saturated heterocycles. The van der Waals surface area contributed by atoms with Crippen LogP contribution in [0.5, 0.6) is 0 Å². The van der Waals surface area contributed by atoms with Crippen LogP contribution < -0.4 is 11.5 Å². The number of carbonyl (C=O) groups excluding carboxylic acids is 3. The number of hydrogen-bond acceptors (Lipinski definition) is 6. The van der Waals surface area contributed by atoms with Gasteiger partial charge in [0.2, 0.25) is 0 Å². The maximum Gasteiger partial charge on any atom is 0.342 e. The molecule has 2 saturated carbocycles. The Labute approximate surface area is 148 Å². The van der Waals surface area contributed by atoms with Crippen LogP contribution in [-0.4, -0.2) is 39.7 Å². The number of nitrogens with two attached hydrogens (primary N) is 2. The highest BCUT2D eigenvalue weighted by Crippen LogP contribution is 2.39. The smallest absolute Gasteiger partial charge is 0.342 e. The maximum absolute atomic E-state index is 12.9. The fraction of sp³-hybridized carbons (Fsp3) is 0.824. The van der Waals surface area contributed by atoms with Crippen LogP contribution in [-0.2, 0) is 19.2 Å². The number of carbonyl (C=O) groups is 3. The molecule has 25 heavy (non-hydrogen) atoms. The molecule has 2 aliphatic rings. The molecular weight excluding hydrogens is 326 g/mol. The summed E-state index contributed by atoms with van der Waals surface area (Å²) < 4.78 is 5.14. The number of rotatable bonds is 4. The predicted molar refractivity (Wildman–Crippen MR) is 89.9 cm³/mol. The van der Waals surface area contributed by atoms with Gasteiger partial charge < -0.3 is 16.2 Å². The van der Waals surface area contributed by atoms with Gasteiger partial charge in [-0.3, -0.25) is 4.84 Å². The Morgan fingerprint density at radius 3 is 1.84 bits per heavy atom. The highest BCUT2D eigenvalue weighted by molar-refractivity contribution is 5.96. The lowest BCUT2D eigenvalue weighted by Gasteiger charge is -2.40. The summed E-state index contributed by atoms with van der Waals surface area (Å²) in [6.45, 7) is 5.24. The zero-order valence-electron chi connectivity index (χ0n) is 15.3. The maximum atomic E-state index is 12.9. The number of esters is 2. The first-order valence-corrected chi connectivity index (χ1v) is 8.85. The van der Waals surface area contributed by atoms with E-state index in [-0.39, 0.29) is 0 Å². The monoisotopic (exact) mass is 355 g/mol. The number of primary amides is 1. The number of amides is 2. The Kier molecular flexibility index (Phi) is 5.44. The first-order chi connectivity index (χ1) is 11.5. The van der Waals surface area contributed by atoms with Gasteiger partial charge in [-0.25, -0.2) is 14.4 Å². The third kappa shape index (κ3) is 4.12. The lowest BCUT2D eigenvalue weighted by molar-refractivity contribution is -0.243. The van der Waals surface area contributed by atoms with Crippen molar-refractivity contribution in [2.24, 2.45) is 11.5 Å². The minimum atomic E-state index is -1.39. The number of nitrogens with zero attached hydrogens (tertiary/aromatic N) is 1. The van der Waals surface area contributed by atoms with Gasteiger partial charge in [0, 0.05) is 0 Å². The molecule has 142 valence electrons. The van der Waals surface area contributed by atoms with Crippen LogP contribution >= 0.6 is 0 Å². The van der Waals surface area contributed by atoms with Gasteiger partial charge in [-0.1, -0.05) is 25.7 Å². The zero-order chi connectivity index (χ0) is 18.9. The van der Waals surface area contributed by atoms with Crippen molar-refractivity contribution in [3.05, 3.63) is 0 Å². The van der Waals surface area contributed by atoms with E-state index in [2.05, 4.69) is 0 Å². The second kappa shape index (κ2) is 6.92. The normalized spacial score (nSPS) is 21.8. The van der Waals surface area contributed by atoms with Gasteiger partial charge in [-0.05, 0) is 46.5 Å². The molecule has 0 radical (unpaired) electrons. The van der Waals surface area contributed by atoms with Gasteiger partial charge in [0.25, 0.3) is 0 Å². The summed E-state index contributed by atoms with van der Waals surface area (Å²) >= 11 is 0. The molecule has 0 heterocycles. The van der Waals surface area contributed by atoms with E-state index in [1.165, 1.54) is 0 Å². The van der Waals surface area contributed by atoms with Crippen molar-refractivity contribution in [1.29, 1.82) is 0 Å². The average molecular weight is 355 g/mol. The van der Waals surface area contributed by atoms with Gasteiger partial charge in [-0.2, -0.15) is 5.06 Å². The first-order valence-electron chi connectivity index (χ1n) is 8.85. The summed E-state index contributed by atoms with van der Waals surface area (Å²) in [4.78, 5) is 42.9. The summed E-state index contributed by atoms with van der Waals surface area (Å²) in [5, 5.41) is 0.896. The molecule has 8 heteroatoms. The van der Waals surface area contributed by atoms with E-state index in [9.17, 15) is 14.4 Å². The minimum absolute atomic E-state index is 0.329. The highest BCUT2D eigenvalue weighted by atomic mass is 16.7. The number of hydrogen-bond donors (Lipinski definition) is 2. The number of urea groups is 1. The quantitative estimate of drug-likeness (QED) is 0.449. The largest absolute Gasteiger partial charge is 0.390 e. The molecule has 0 atom stereocenters. The van der Waals surface area contributed by atoms with Crippen LogP contribution in [0.1, 0.15) is 72.1 Å². The highest BCUT2D eigenvalue weighted by Gasteiger charge is 2.53. The lowest BCUT2D eigenvalue weighted by atomic mass is 9.96. The van der Waals surface area contributed by atoms with E-state index in [1.54, 1.807) is 20.8 Å². The van der Waals surface area contributed by atoms with Crippen molar-refractivity contribution in [3.8, 4) is 0 Å². The molecule has 4 N–H and O–H groups in total. The minimum Gasteiger partial charge on any atom is -0.390 e. The molecule has 2 amide bonds. The predicted octanol–water partition coefficient (Wildman–Crippen LogP) is 1.75. The average Bonchev–Trinajstić information content (AvgIpc) is 3.14. The first kappa shape index (κ1) is 19.7. The van der Waals surface area contributed by atoms with Crippen molar-refractivity contribution in [3.63, 3.8) is 0 Å². The molecule has 0 bridgehead atoms. The van der Waals surface area contributed by atoms with Crippen LogP contribution in [0.2, 0.25) is 0 Å². The Morgan fingerprint density at radius 1 is 0.920 bits per heavy atom. The SMILES string of the molecule is CC(C)(C)ON(C(N)=O)C1(C(=O)OC(=O)C2(N)CCCC2)CCCC1. The van der Waals surface area contributed by atoms with E-state index in [4.69, 9.17) is 21.0 Å². The molecule has 0 aromatic carbocycles. The molecule has 0 spiro atoms. The fourth-order valence-electron chi connectivity index (χ4n) is 3.56. The molecule has 0 aromatic heterocycles. The van der Waals surface area contributed by atoms with Crippen LogP contribution in [0.15, 0.2) is 0 Å². The van der Waals surface area contributed by atoms with Gasteiger partial charge in [0.1, 0.15) is 5.54 Å². The van der Waals surface area contributed by atoms with Crippen molar-refractivity contribution < 1.29 is 24.0 Å². The summed E-state index contributed by atoms with van der Waals surface area (Å²) in [7, 11) is 0. The van der Waals surface area contributed by atoms with Crippen molar-refractivity contribution in [2.75, 3.05) is 0 Å². The molecular formula is C17H29N3O5. The molecule has 2 fully saturated rings. The number of ether oxygens (including phenoxy) is 1.